The summed E-state index contributed by atoms with van der Waals surface area (Å²) in [5.74, 6) is 2.54. The van der Waals surface area contributed by atoms with E-state index in [0.717, 1.165) is 23.8 Å². The standard InChI is InChI=1S/C18H21NO3/c1-13(19-12-14-3-6-16(20-2)7-4-14)15-5-8-17-18(11-15)22-10-9-21-17/h3-8,11,13,19H,9-10,12H2,1-2H3. The molecule has 1 aliphatic rings. The van der Waals surface area contributed by atoms with Gasteiger partial charge in [-0.15, -0.1) is 0 Å². The molecule has 0 radical (unpaired) electrons. The molecule has 22 heavy (non-hydrogen) atoms. The van der Waals surface area contributed by atoms with Gasteiger partial charge in [-0.1, -0.05) is 18.2 Å². The van der Waals surface area contributed by atoms with Crippen LogP contribution in [0.4, 0.5) is 0 Å². The molecule has 2 aromatic carbocycles. The van der Waals surface area contributed by atoms with Crippen molar-refractivity contribution in [1.82, 2.24) is 5.32 Å². The van der Waals surface area contributed by atoms with Crippen molar-refractivity contribution in [2.75, 3.05) is 20.3 Å². The van der Waals surface area contributed by atoms with E-state index in [9.17, 15) is 0 Å². The highest BCUT2D eigenvalue weighted by atomic mass is 16.6. The summed E-state index contributed by atoms with van der Waals surface area (Å²) in [6, 6.07) is 14.5. The average Bonchev–Trinajstić information content (AvgIpc) is 2.59. The first-order chi connectivity index (χ1) is 10.8. The Balaban J connectivity index is 1.62. The molecule has 0 fully saturated rings. The zero-order chi connectivity index (χ0) is 15.4. The lowest BCUT2D eigenvalue weighted by atomic mass is 10.1. The monoisotopic (exact) mass is 299 g/mol. The number of hydrogen-bond acceptors (Lipinski definition) is 4. The molecule has 1 heterocycles. The van der Waals surface area contributed by atoms with Crippen LogP contribution in [0, 0.1) is 0 Å². The largest absolute Gasteiger partial charge is 0.497 e. The van der Waals surface area contributed by atoms with Gasteiger partial charge in [0, 0.05) is 12.6 Å². The molecule has 3 rings (SSSR count). The fourth-order valence-electron chi connectivity index (χ4n) is 2.46. The van der Waals surface area contributed by atoms with Crippen molar-refractivity contribution < 1.29 is 14.2 Å². The number of rotatable bonds is 5. The summed E-state index contributed by atoms with van der Waals surface area (Å²) in [5, 5.41) is 3.52. The van der Waals surface area contributed by atoms with E-state index in [0.29, 0.717) is 13.2 Å². The molecule has 0 amide bonds. The minimum Gasteiger partial charge on any atom is -0.497 e. The highest BCUT2D eigenvalue weighted by Crippen LogP contribution is 2.32. The second kappa shape index (κ2) is 6.71. The van der Waals surface area contributed by atoms with Gasteiger partial charge in [0.2, 0.25) is 0 Å². The van der Waals surface area contributed by atoms with E-state index in [-0.39, 0.29) is 6.04 Å². The summed E-state index contributed by atoms with van der Waals surface area (Å²) in [6.07, 6.45) is 0. The van der Waals surface area contributed by atoms with Crippen molar-refractivity contribution >= 4 is 0 Å². The summed E-state index contributed by atoms with van der Waals surface area (Å²) in [7, 11) is 1.68. The van der Waals surface area contributed by atoms with Crippen LogP contribution in [0.15, 0.2) is 42.5 Å². The predicted octanol–water partition coefficient (Wildman–Crippen LogP) is 3.32. The minimum atomic E-state index is 0.234. The Bertz CT molecular complexity index is 625. The maximum Gasteiger partial charge on any atom is 0.161 e. The number of nitrogens with one attached hydrogen (secondary N) is 1. The van der Waals surface area contributed by atoms with Crippen molar-refractivity contribution in [2.24, 2.45) is 0 Å². The minimum absolute atomic E-state index is 0.234. The van der Waals surface area contributed by atoms with Crippen LogP contribution in [-0.2, 0) is 6.54 Å². The first-order valence-electron chi connectivity index (χ1n) is 7.52. The third-order valence-electron chi connectivity index (χ3n) is 3.84. The van der Waals surface area contributed by atoms with Gasteiger partial charge in [-0.25, -0.2) is 0 Å². The normalized spacial score (nSPS) is 14.5. The van der Waals surface area contributed by atoms with Crippen LogP contribution >= 0.6 is 0 Å². The van der Waals surface area contributed by atoms with Crippen LogP contribution < -0.4 is 19.5 Å². The van der Waals surface area contributed by atoms with E-state index < -0.39 is 0 Å². The molecule has 0 saturated carbocycles. The SMILES string of the molecule is COc1ccc(CNC(C)c2ccc3c(c2)OCCO3)cc1. The molecular formula is C18H21NO3. The van der Waals surface area contributed by atoms with Crippen LogP contribution in [0.5, 0.6) is 17.2 Å². The topological polar surface area (TPSA) is 39.7 Å². The Hall–Kier alpha value is -2.20. The van der Waals surface area contributed by atoms with Crippen LogP contribution in [-0.4, -0.2) is 20.3 Å². The number of benzene rings is 2. The summed E-state index contributed by atoms with van der Waals surface area (Å²) in [6.45, 7) is 4.19. The molecule has 1 N–H and O–H groups in total. The van der Waals surface area contributed by atoms with E-state index in [1.54, 1.807) is 7.11 Å². The Morgan fingerprint density at radius 1 is 1.05 bits per heavy atom. The highest BCUT2D eigenvalue weighted by Gasteiger charge is 2.14. The number of fused-ring (bicyclic) bond motifs is 1. The molecule has 0 bridgehead atoms. The quantitative estimate of drug-likeness (QED) is 0.919. The lowest BCUT2D eigenvalue weighted by Crippen LogP contribution is -2.19. The molecule has 4 nitrogen and oxygen atoms in total. The van der Waals surface area contributed by atoms with Crippen molar-refractivity contribution in [3.05, 3.63) is 53.6 Å². The zero-order valence-electron chi connectivity index (χ0n) is 13.0. The van der Waals surface area contributed by atoms with Crippen molar-refractivity contribution in [2.45, 2.75) is 19.5 Å². The molecule has 1 unspecified atom stereocenters. The van der Waals surface area contributed by atoms with E-state index in [2.05, 4.69) is 36.5 Å². The summed E-state index contributed by atoms with van der Waals surface area (Å²) < 4.78 is 16.4. The van der Waals surface area contributed by atoms with Gasteiger partial charge in [-0.05, 0) is 42.3 Å². The molecule has 2 aromatic rings. The molecule has 4 heteroatoms. The fourth-order valence-corrected chi connectivity index (χ4v) is 2.46. The molecular weight excluding hydrogens is 278 g/mol. The summed E-state index contributed by atoms with van der Waals surface area (Å²) in [5.41, 5.74) is 2.42. The van der Waals surface area contributed by atoms with Gasteiger partial charge in [0.25, 0.3) is 0 Å². The van der Waals surface area contributed by atoms with E-state index >= 15 is 0 Å². The number of methoxy groups -OCH3 is 1. The maximum absolute atomic E-state index is 5.64. The first-order valence-corrected chi connectivity index (χ1v) is 7.52. The second-order valence-electron chi connectivity index (χ2n) is 5.35. The van der Waals surface area contributed by atoms with Gasteiger partial charge in [0.15, 0.2) is 11.5 Å². The Labute approximate surface area is 131 Å². The average molecular weight is 299 g/mol. The molecule has 1 atom stereocenters. The maximum atomic E-state index is 5.64. The highest BCUT2D eigenvalue weighted by molar-refractivity contribution is 5.44. The molecule has 1 aliphatic heterocycles. The predicted molar refractivity (Wildman–Crippen MR) is 85.7 cm³/mol. The molecule has 0 aliphatic carbocycles. The number of hydrogen-bond donors (Lipinski definition) is 1. The smallest absolute Gasteiger partial charge is 0.161 e. The molecule has 0 aromatic heterocycles. The van der Waals surface area contributed by atoms with Crippen LogP contribution in [0.2, 0.25) is 0 Å². The van der Waals surface area contributed by atoms with Gasteiger partial charge in [0.1, 0.15) is 19.0 Å². The fraction of sp³-hybridized carbons (Fsp3) is 0.333. The van der Waals surface area contributed by atoms with Crippen molar-refractivity contribution in [3.8, 4) is 17.2 Å². The lowest BCUT2D eigenvalue weighted by Gasteiger charge is -2.21. The van der Waals surface area contributed by atoms with Gasteiger partial charge < -0.3 is 19.5 Å². The third kappa shape index (κ3) is 3.34. The van der Waals surface area contributed by atoms with Crippen LogP contribution in [0.3, 0.4) is 0 Å². The zero-order valence-corrected chi connectivity index (χ0v) is 13.0. The third-order valence-corrected chi connectivity index (χ3v) is 3.84. The first kappa shape index (κ1) is 14.7. The molecule has 116 valence electrons. The van der Waals surface area contributed by atoms with Gasteiger partial charge >= 0.3 is 0 Å². The van der Waals surface area contributed by atoms with E-state index in [1.807, 2.05) is 18.2 Å². The van der Waals surface area contributed by atoms with E-state index in [1.165, 1.54) is 11.1 Å². The van der Waals surface area contributed by atoms with Gasteiger partial charge in [-0.2, -0.15) is 0 Å². The van der Waals surface area contributed by atoms with Gasteiger partial charge in [-0.3, -0.25) is 0 Å². The van der Waals surface area contributed by atoms with E-state index in [4.69, 9.17) is 14.2 Å². The van der Waals surface area contributed by atoms with Crippen molar-refractivity contribution in [1.29, 1.82) is 0 Å². The Morgan fingerprint density at radius 3 is 2.50 bits per heavy atom. The second-order valence-corrected chi connectivity index (χ2v) is 5.35. The lowest BCUT2D eigenvalue weighted by molar-refractivity contribution is 0.171. The summed E-state index contributed by atoms with van der Waals surface area (Å²) in [4.78, 5) is 0. The van der Waals surface area contributed by atoms with Gasteiger partial charge in [0.05, 0.1) is 7.11 Å². The molecule has 0 spiro atoms. The van der Waals surface area contributed by atoms with Crippen LogP contribution in [0.25, 0.3) is 0 Å². The Kier molecular flexibility index (Phi) is 4.49. The van der Waals surface area contributed by atoms with Crippen LogP contribution in [0.1, 0.15) is 24.1 Å². The number of ether oxygens (including phenoxy) is 3. The van der Waals surface area contributed by atoms with Crippen molar-refractivity contribution in [3.63, 3.8) is 0 Å². The molecule has 0 saturated heterocycles. The Morgan fingerprint density at radius 2 is 1.77 bits per heavy atom. The summed E-state index contributed by atoms with van der Waals surface area (Å²) >= 11 is 0.